The van der Waals surface area contributed by atoms with Crippen molar-refractivity contribution in [2.24, 2.45) is 0 Å². The molecule has 2 aromatic rings. The molecule has 27 heavy (non-hydrogen) atoms. The quantitative estimate of drug-likeness (QED) is 0.751. The minimum Gasteiger partial charge on any atom is -0.494 e. The summed E-state index contributed by atoms with van der Waals surface area (Å²) in [5.74, 6) is -0.0181. The van der Waals surface area contributed by atoms with Gasteiger partial charge in [0.1, 0.15) is 11.8 Å². The molecule has 144 valence electrons. The fourth-order valence-electron chi connectivity index (χ4n) is 3.94. The highest BCUT2D eigenvalue weighted by Crippen LogP contribution is 2.40. The maximum Gasteiger partial charge on any atom is 0.320 e. The summed E-state index contributed by atoms with van der Waals surface area (Å²) in [5, 5.41) is 10.5. The zero-order valence-corrected chi connectivity index (χ0v) is 16.6. The number of aryl methyl sites for hydroxylation is 1. The highest BCUT2D eigenvalue weighted by Gasteiger charge is 2.36. The first kappa shape index (κ1) is 19.7. The lowest BCUT2D eigenvalue weighted by molar-refractivity contribution is -0.145. The SMILES string of the molecule is CCOc1ccc(Cl)cc1C(c1cccc(C)c1)N1CCCCC1C(=O)O. The van der Waals surface area contributed by atoms with Gasteiger partial charge in [0, 0.05) is 10.6 Å². The number of ether oxygens (including phenoxy) is 1. The Bertz CT molecular complexity index is 808. The Kier molecular flexibility index (Phi) is 6.40. The molecule has 0 amide bonds. The Hall–Kier alpha value is -2.04. The lowest BCUT2D eigenvalue weighted by Gasteiger charge is -2.40. The van der Waals surface area contributed by atoms with Crippen LogP contribution >= 0.6 is 11.6 Å². The van der Waals surface area contributed by atoms with Gasteiger partial charge in [0.2, 0.25) is 0 Å². The van der Waals surface area contributed by atoms with E-state index in [1.54, 1.807) is 0 Å². The molecule has 0 saturated carbocycles. The molecule has 1 fully saturated rings. The van der Waals surface area contributed by atoms with Crippen molar-refractivity contribution in [2.75, 3.05) is 13.2 Å². The predicted octanol–water partition coefficient (Wildman–Crippen LogP) is 5.08. The van der Waals surface area contributed by atoms with Gasteiger partial charge in [0.25, 0.3) is 0 Å². The van der Waals surface area contributed by atoms with Gasteiger partial charge in [-0.05, 0) is 57.0 Å². The summed E-state index contributed by atoms with van der Waals surface area (Å²) in [6.07, 6.45) is 2.57. The summed E-state index contributed by atoms with van der Waals surface area (Å²) in [7, 11) is 0. The molecule has 3 rings (SSSR count). The Morgan fingerprint density at radius 3 is 2.81 bits per heavy atom. The van der Waals surface area contributed by atoms with Crippen molar-refractivity contribution in [2.45, 2.75) is 45.2 Å². The third kappa shape index (κ3) is 4.45. The second-order valence-corrected chi connectivity index (χ2v) is 7.46. The molecule has 0 radical (unpaired) electrons. The summed E-state index contributed by atoms with van der Waals surface area (Å²) < 4.78 is 5.88. The number of hydrogen-bond donors (Lipinski definition) is 1. The van der Waals surface area contributed by atoms with Gasteiger partial charge in [-0.2, -0.15) is 0 Å². The summed E-state index contributed by atoms with van der Waals surface area (Å²) >= 11 is 6.33. The molecular formula is C22H26ClNO3. The van der Waals surface area contributed by atoms with E-state index in [0.717, 1.165) is 41.8 Å². The Labute approximate surface area is 165 Å². The van der Waals surface area contributed by atoms with Gasteiger partial charge in [-0.1, -0.05) is 47.9 Å². The van der Waals surface area contributed by atoms with Gasteiger partial charge in [-0.25, -0.2) is 0 Å². The third-order valence-electron chi connectivity index (χ3n) is 5.09. The molecule has 1 heterocycles. The maximum atomic E-state index is 12.0. The Morgan fingerprint density at radius 2 is 2.11 bits per heavy atom. The zero-order valence-electron chi connectivity index (χ0n) is 15.8. The second kappa shape index (κ2) is 8.77. The van der Waals surface area contributed by atoms with Gasteiger partial charge < -0.3 is 9.84 Å². The summed E-state index contributed by atoms with van der Waals surface area (Å²) in [4.78, 5) is 14.1. The Balaban J connectivity index is 2.16. The molecule has 0 bridgehead atoms. The van der Waals surface area contributed by atoms with Crippen LogP contribution in [-0.4, -0.2) is 35.2 Å². The molecule has 2 atom stereocenters. The summed E-state index contributed by atoms with van der Waals surface area (Å²) in [5.41, 5.74) is 3.12. The number of carboxylic acids is 1. The number of carboxylic acid groups (broad SMARTS) is 1. The smallest absolute Gasteiger partial charge is 0.320 e. The van der Waals surface area contributed by atoms with Crippen molar-refractivity contribution in [1.29, 1.82) is 0 Å². The number of piperidine rings is 1. The van der Waals surface area contributed by atoms with E-state index in [1.807, 2.05) is 44.2 Å². The van der Waals surface area contributed by atoms with Crippen LogP contribution in [0.2, 0.25) is 5.02 Å². The average molecular weight is 388 g/mol. The van der Waals surface area contributed by atoms with E-state index in [4.69, 9.17) is 16.3 Å². The van der Waals surface area contributed by atoms with Crippen LogP contribution in [0.5, 0.6) is 5.75 Å². The number of halogens is 1. The fourth-order valence-corrected chi connectivity index (χ4v) is 4.12. The largest absolute Gasteiger partial charge is 0.494 e. The minimum atomic E-state index is -0.771. The first-order valence-corrected chi connectivity index (χ1v) is 9.86. The number of benzene rings is 2. The topological polar surface area (TPSA) is 49.8 Å². The van der Waals surface area contributed by atoms with E-state index in [9.17, 15) is 9.90 Å². The zero-order chi connectivity index (χ0) is 19.4. The number of hydrogen-bond acceptors (Lipinski definition) is 3. The number of likely N-dealkylation sites (tertiary alicyclic amines) is 1. The van der Waals surface area contributed by atoms with Gasteiger partial charge in [0.05, 0.1) is 12.6 Å². The van der Waals surface area contributed by atoms with Crippen molar-refractivity contribution in [1.82, 2.24) is 4.90 Å². The molecule has 1 saturated heterocycles. The van der Waals surface area contributed by atoms with E-state index >= 15 is 0 Å². The van der Waals surface area contributed by atoms with Crippen LogP contribution in [0, 0.1) is 6.92 Å². The predicted molar refractivity (Wildman–Crippen MR) is 108 cm³/mol. The summed E-state index contributed by atoms with van der Waals surface area (Å²) in [6, 6.07) is 13.1. The van der Waals surface area contributed by atoms with Crippen LogP contribution in [0.4, 0.5) is 0 Å². The monoisotopic (exact) mass is 387 g/mol. The van der Waals surface area contributed by atoms with Crippen LogP contribution in [0.15, 0.2) is 42.5 Å². The van der Waals surface area contributed by atoms with Crippen LogP contribution in [0.3, 0.4) is 0 Å². The molecule has 1 aliphatic rings. The van der Waals surface area contributed by atoms with E-state index in [0.29, 0.717) is 18.1 Å². The lowest BCUT2D eigenvalue weighted by Crippen LogP contribution is -2.47. The number of carbonyl (C=O) groups is 1. The van der Waals surface area contributed by atoms with E-state index in [-0.39, 0.29) is 6.04 Å². The number of nitrogens with zero attached hydrogens (tertiary/aromatic N) is 1. The van der Waals surface area contributed by atoms with Crippen molar-refractivity contribution >= 4 is 17.6 Å². The fraction of sp³-hybridized carbons (Fsp3) is 0.409. The molecule has 4 nitrogen and oxygen atoms in total. The molecule has 0 aromatic heterocycles. The standard InChI is InChI=1S/C22H26ClNO3/c1-3-27-20-11-10-17(23)14-18(20)21(16-8-6-7-15(2)13-16)24-12-5-4-9-19(24)22(25)26/h6-8,10-11,13-14,19,21H,3-5,9,12H2,1-2H3,(H,25,26). The van der Waals surface area contributed by atoms with Gasteiger partial charge in [-0.15, -0.1) is 0 Å². The molecular weight excluding hydrogens is 362 g/mol. The van der Waals surface area contributed by atoms with Crippen LogP contribution in [0.1, 0.15) is 48.9 Å². The van der Waals surface area contributed by atoms with Gasteiger partial charge in [0.15, 0.2) is 0 Å². The molecule has 0 aliphatic carbocycles. The maximum absolute atomic E-state index is 12.0. The van der Waals surface area contributed by atoms with Crippen molar-refractivity contribution in [3.8, 4) is 5.75 Å². The Morgan fingerprint density at radius 1 is 1.30 bits per heavy atom. The second-order valence-electron chi connectivity index (χ2n) is 7.02. The van der Waals surface area contributed by atoms with Crippen LogP contribution < -0.4 is 4.74 Å². The average Bonchev–Trinajstić information content (AvgIpc) is 2.64. The van der Waals surface area contributed by atoms with Crippen molar-refractivity contribution in [3.63, 3.8) is 0 Å². The van der Waals surface area contributed by atoms with Crippen LogP contribution in [-0.2, 0) is 4.79 Å². The van der Waals surface area contributed by atoms with E-state index < -0.39 is 12.0 Å². The first-order chi connectivity index (χ1) is 13.0. The molecule has 2 aromatic carbocycles. The minimum absolute atomic E-state index is 0.216. The molecule has 0 spiro atoms. The number of aliphatic carboxylic acids is 1. The van der Waals surface area contributed by atoms with Crippen LogP contribution in [0.25, 0.3) is 0 Å². The highest BCUT2D eigenvalue weighted by atomic mass is 35.5. The first-order valence-electron chi connectivity index (χ1n) is 9.48. The van der Waals surface area contributed by atoms with Gasteiger partial charge in [-0.3, -0.25) is 9.69 Å². The van der Waals surface area contributed by atoms with Gasteiger partial charge >= 0.3 is 5.97 Å². The lowest BCUT2D eigenvalue weighted by atomic mass is 9.90. The third-order valence-corrected chi connectivity index (χ3v) is 5.32. The van der Waals surface area contributed by atoms with E-state index in [2.05, 4.69) is 17.0 Å². The summed E-state index contributed by atoms with van der Waals surface area (Å²) in [6.45, 7) is 5.26. The van der Waals surface area contributed by atoms with Crippen molar-refractivity contribution in [3.05, 3.63) is 64.2 Å². The van der Waals surface area contributed by atoms with Crippen molar-refractivity contribution < 1.29 is 14.6 Å². The van der Waals surface area contributed by atoms with E-state index in [1.165, 1.54) is 0 Å². The number of rotatable bonds is 6. The normalized spacial score (nSPS) is 18.9. The molecule has 2 unspecified atom stereocenters. The molecule has 1 aliphatic heterocycles. The molecule has 1 N–H and O–H groups in total. The molecule has 5 heteroatoms. The highest BCUT2D eigenvalue weighted by molar-refractivity contribution is 6.30.